The van der Waals surface area contributed by atoms with Crippen LogP contribution in [0.1, 0.15) is 55.8 Å². The zero-order valence-electron chi connectivity index (χ0n) is 16.8. The minimum atomic E-state index is -0.352. The van der Waals surface area contributed by atoms with Crippen molar-refractivity contribution in [3.05, 3.63) is 33.9 Å². The van der Waals surface area contributed by atoms with Crippen LogP contribution in [0.15, 0.2) is 18.2 Å². The predicted octanol–water partition coefficient (Wildman–Crippen LogP) is 3.19. The Bertz CT molecular complexity index is 748. The number of amides is 1. The summed E-state index contributed by atoms with van der Waals surface area (Å²) in [5.74, 6) is 0.540. The number of hydrogen-bond acceptors (Lipinski definition) is 5. The van der Waals surface area contributed by atoms with Crippen LogP contribution in [0.25, 0.3) is 0 Å². The average molecular weight is 386 g/mol. The average Bonchev–Trinajstić information content (AvgIpc) is 3.04. The number of hydrogen-bond donors (Lipinski definition) is 1. The minimum Gasteiger partial charge on any atom is -0.366 e. The number of fused-ring (bicyclic) bond motifs is 2. The Kier molecular flexibility index (Phi) is 5.27. The molecule has 1 amide bonds. The second-order valence-electron chi connectivity index (χ2n) is 8.81. The third kappa shape index (κ3) is 3.72. The molecule has 2 unspecified atom stereocenters. The molecule has 1 aromatic carbocycles. The van der Waals surface area contributed by atoms with Gasteiger partial charge in [0.1, 0.15) is 5.69 Å². The number of carbonyl (C=O) groups excluding carboxylic acids is 1. The normalized spacial score (nSPS) is 27.6. The molecule has 7 heteroatoms. The van der Waals surface area contributed by atoms with Crippen molar-refractivity contribution in [2.24, 2.45) is 5.92 Å². The van der Waals surface area contributed by atoms with E-state index < -0.39 is 0 Å². The molecule has 1 N–H and O–H groups in total. The first kappa shape index (κ1) is 19.2. The molecule has 7 nitrogen and oxygen atoms in total. The van der Waals surface area contributed by atoms with E-state index >= 15 is 0 Å². The molecule has 0 saturated carbocycles. The van der Waals surface area contributed by atoms with Crippen molar-refractivity contribution >= 4 is 17.3 Å². The quantitative estimate of drug-likeness (QED) is 0.635. The highest BCUT2D eigenvalue weighted by Crippen LogP contribution is 2.34. The number of carbonyl (C=O) groups is 1. The van der Waals surface area contributed by atoms with Crippen molar-refractivity contribution in [1.82, 2.24) is 10.2 Å². The van der Waals surface area contributed by atoms with Gasteiger partial charge in [-0.3, -0.25) is 14.9 Å². The van der Waals surface area contributed by atoms with Crippen LogP contribution in [0.2, 0.25) is 0 Å². The predicted molar refractivity (Wildman–Crippen MR) is 109 cm³/mol. The lowest BCUT2D eigenvalue weighted by Gasteiger charge is -2.35. The lowest BCUT2D eigenvalue weighted by molar-refractivity contribution is -0.384. The molecule has 0 aromatic heterocycles. The number of nitro groups is 1. The van der Waals surface area contributed by atoms with Gasteiger partial charge in [0, 0.05) is 49.9 Å². The van der Waals surface area contributed by atoms with E-state index in [4.69, 9.17) is 0 Å². The van der Waals surface area contributed by atoms with E-state index in [1.54, 1.807) is 17.0 Å². The highest BCUT2D eigenvalue weighted by Gasteiger charge is 2.37. The van der Waals surface area contributed by atoms with Crippen molar-refractivity contribution in [3.63, 3.8) is 0 Å². The summed E-state index contributed by atoms with van der Waals surface area (Å²) in [4.78, 5) is 28.3. The summed E-state index contributed by atoms with van der Waals surface area (Å²) in [6.45, 7) is 3.87. The maximum atomic E-state index is 13.1. The van der Waals surface area contributed by atoms with Crippen LogP contribution in [-0.4, -0.2) is 54.0 Å². The summed E-state index contributed by atoms with van der Waals surface area (Å²) in [5, 5.41) is 15.3. The molecule has 152 valence electrons. The van der Waals surface area contributed by atoms with E-state index in [1.807, 2.05) is 7.05 Å². The smallest absolute Gasteiger partial charge is 0.293 e. The van der Waals surface area contributed by atoms with Gasteiger partial charge in [0.05, 0.1) is 4.92 Å². The lowest BCUT2D eigenvalue weighted by atomic mass is 9.97. The largest absolute Gasteiger partial charge is 0.366 e. The van der Waals surface area contributed by atoms with Crippen LogP contribution < -0.4 is 10.2 Å². The van der Waals surface area contributed by atoms with Gasteiger partial charge < -0.3 is 15.1 Å². The topological polar surface area (TPSA) is 78.7 Å². The second-order valence-corrected chi connectivity index (χ2v) is 8.81. The van der Waals surface area contributed by atoms with Gasteiger partial charge in [-0.1, -0.05) is 6.92 Å². The monoisotopic (exact) mass is 386 g/mol. The number of nitrogens with zero attached hydrogens (tertiary/aromatic N) is 3. The molecule has 0 spiro atoms. The SMILES string of the molecule is CC1CCN(c2ccc(C(=O)N(C)C3CC4CCC(C3)N4)cc2[N+](=O)[O-])CC1. The molecule has 2 atom stereocenters. The zero-order valence-corrected chi connectivity index (χ0v) is 16.8. The first-order valence-electron chi connectivity index (χ1n) is 10.5. The van der Waals surface area contributed by atoms with Crippen molar-refractivity contribution in [3.8, 4) is 0 Å². The Morgan fingerprint density at radius 2 is 1.82 bits per heavy atom. The lowest BCUT2D eigenvalue weighted by Crippen LogP contribution is -2.48. The molecule has 28 heavy (non-hydrogen) atoms. The first-order valence-corrected chi connectivity index (χ1v) is 10.5. The Balaban J connectivity index is 1.53. The van der Waals surface area contributed by atoms with E-state index in [2.05, 4.69) is 17.1 Å². The fourth-order valence-corrected chi connectivity index (χ4v) is 5.03. The molecular formula is C21H30N4O3. The molecule has 4 rings (SSSR count). The summed E-state index contributed by atoms with van der Waals surface area (Å²) < 4.78 is 0. The fraction of sp³-hybridized carbons (Fsp3) is 0.667. The summed E-state index contributed by atoms with van der Waals surface area (Å²) in [5.41, 5.74) is 1.09. The third-order valence-electron chi connectivity index (χ3n) is 6.86. The number of piperidine rings is 2. The van der Waals surface area contributed by atoms with Gasteiger partial charge in [0.25, 0.3) is 11.6 Å². The van der Waals surface area contributed by atoms with Crippen LogP contribution in [-0.2, 0) is 0 Å². The Morgan fingerprint density at radius 3 is 2.43 bits per heavy atom. The van der Waals surface area contributed by atoms with E-state index in [-0.39, 0.29) is 22.6 Å². The Morgan fingerprint density at radius 1 is 1.18 bits per heavy atom. The Labute approximate surface area is 166 Å². The summed E-state index contributed by atoms with van der Waals surface area (Å²) >= 11 is 0. The van der Waals surface area contributed by atoms with Gasteiger partial charge in [-0.15, -0.1) is 0 Å². The van der Waals surface area contributed by atoms with Gasteiger partial charge in [0.2, 0.25) is 0 Å². The van der Waals surface area contributed by atoms with Crippen molar-refractivity contribution in [2.45, 2.75) is 63.6 Å². The second kappa shape index (κ2) is 7.70. The van der Waals surface area contributed by atoms with Crippen LogP contribution in [0.4, 0.5) is 11.4 Å². The molecule has 3 heterocycles. The molecule has 2 bridgehead atoms. The molecule has 1 aromatic rings. The van der Waals surface area contributed by atoms with E-state index in [1.165, 1.54) is 18.9 Å². The Hall–Kier alpha value is -2.15. The standard InChI is InChI=1S/C21H30N4O3/c1-14-7-9-24(10-8-14)19-6-3-15(11-20(19)25(27)28)21(26)23(2)18-12-16-4-5-17(13-18)22-16/h3,6,11,14,16-18,22H,4-5,7-10,12-13H2,1-2H3. The van der Waals surface area contributed by atoms with Crippen molar-refractivity contribution in [1.29, 1.82) is 0 Å². The maximum Gasteiger partial charge on any atom is 0.293 e. The van der Waals surface area contributed by atoms with Crippen molar-refractivity contribution in [2.75, 3.05) is 25.0 Å². The number of rotatable bonds is 4. The number of nitrogens with one attached hydrogen (secondary N) is 1. The summed E-state index contributed by atoms with van der Waals surface area (Å²) in [6, 6.07) is 6.20. The van der Waals surface area contributed by atoms with Crippen LogP contribution in [0.3, 0.4) is 0 Å². The van der Waals surface area contributed by atoms with E-state index in [9.17, 15) is 14.9 Å². The van der Waals surface area contributed by atoms with Crippen molar-refractivity contribution < 1.29 is 9.72 Å². The van der Waals surface area contributed by atoms with Gasteiger partial charge in [-0.05, 0) is 56.6 Å². The van der Waals surface area contributed by atoms with E-state index in [0.29, 0.717) is 29.3 Å². The molecule has 3 aliphatic heterocycles. The number of benzene rings is 1. The zero-order chi connectivity index (χ0) is 19.8. The van der Waals surface area contributed by atoms with Gasteiger partial charge in [-0.2, -0.15) is 0 Å². The van der Waals surface area contributed by atoms with Gasteiger partial charge >= 0.3 is 0 Å². The van der Waals surface area contributed by atoms with Crippen LogP contribution >= 0.6 is 0 Å². The van der Waals surface area contributed by atoms with E-state index in [0.717, 1.165) is 38.8 Å². The summed E-state index contributed by atoms with van der Waals surface area (Å²) in [6.07, 6.45) is 6.36. The summed E-state index contributed by atoms with van der Waals surface area (Å²) in [7, 11) is 1.84. The molecular weight excluding hydrogens is 356 g/mol. The molecule has 0 radical (unpaired) electrons. The minimum absolute atomic E-state index is 0.0409. The van der Waals surface area contributed by atoms with Crippen LogP contribution in [0.5, 0.6) is 0 Å². The highest BCUT2D eigenvalue weighted by molar-refractivity contribution is 5.96. The molecule has 0 aliphatic carbocycles. The maximum absolute atomic E-state index is 13.1. The fourth-order valence-electron chi connectivity index (χ4n) is 5.03. The van der Waals surface area contributed by atoms with Crippen LogP contribution in [0, 0.1) is 16.0 Å². The first-order chi connectivity index (χ1) is 13.4. The number of anilines is 1. The van der Waals surface area contributed by atoms with Gasteiger partial charge in [0.15, 0.2) is 0 Å². The van der Waals surface area contributed by atoms with Gasteiger partial charge in [-0.25, -0.2) is 0 Å². The molecule has 3 fully saturated rings. The molecule has 3 saturated heterocycles. The molecule has 3 aliphatic rings. The third-order valence-corrected chi connectivity index (χ3v) is 6.86. The highest BCUT2D eigenvalue weighted by atomic mass is 16.6. The number of nitro benzene ring substituents is 1.